The highest BCUT2D eigenvalue weighted by Crippen LogP contribution is 2.36. The van der Waals surface area contributed by atoms with Crippen molar-refractivity contribution in [2.75, 3.05) is 6.54 Å². The number of halogens is 2. The van der Waals surface area contributed by atoms with E-state index in [1.165, 1.54) is 10.4 Å². The van der Waals surface area contributed by atoms with Crippen molar-refractivity contribution in [1.29, 1.82) is 0 Å². The average Bonchev–Trinajstić information content (AvgIpc) is 2.92. The lowest BCUT2D eigenvalue weighted by Gasteiger charge is -2.35. The number of fused-ring (bicyclic) bond motifs is 1. The molecule has 2 nitrogen and oxygen atoms in total. The van der Waals surface area contributed by atoms with Crippen molar-refractivity contribution in [3.05, 3.63) is 54.6 Å². The number of nitrogens with zero attached hydrogens (tertiary/aromatic N) is 1. The van der Waals surface area contributed by atoms with Crippen molar-refractivity contribution in [3.8, 4) is 0 Å². The number of carbonyl (C=O) groups excluding carboxylic acids is 1. The van der Waals surface area contributed by atoms with E-state index in [1.807, 2.05) is 23.1 Å². The third-order valence-electron chi connectivity index (χ3n) is 3.85. The summed E-state index contributed by atoms with van der Waals surface area (Å²) in [5, 5.41) is 2.14. The fourth-order valence-corrected chi connectivity index (χ4v) is 5.14. The van der Waals surface area contributed by atoms with Gasteiger partial charge in [-0.1, -0.05) is 38.8 Å². The minimum Gasteiger partial charge on any atom is -0.331 e. The largest absolute Gasteiger partial charge is 0.331 e. The van der Waals surface area contributed by atoms with Crippen molar-refractivity contribution in [2.45, 2.75) is 25.8 Å². The maximum Gasteiger partial charge on any atom is 0.254 e. The van der Waals surface area contributed by atoms with Gasteiger partial charge in [0.1, 0.15) is 0 Å². The summed E-state index contributed by atoms with van der Waals surface area (Å²) in [6.45, 7) is 2.95. The zero-order valence-corrected chi connectivity index (χ0v) is 15.6. The molecule has 21 heavy (non-hydrogen) atoms. The Hall–Kier alpha value is -0.650. The molecule has 0 spiro atoms. The molecule has 1 aromatic carbocycles. The highest BCUT2D eigenvalue weighted by molar-refractivity contribution is 9.11. The summed E-state index contributed by atoms with van der Waals surface area (Å²) in [6.07, 6.45) is 1.91. The smallest absolute Gasteiger partial charge is 0.254 e. The molecule has 0 saturated carbocycles. The summed E-state index contributed by atoms with van der Waals surface area (Å²) in [5.74, 6) is 0.112. The maximum atomic E-state index is 12.9. The zero-order valence-electron chi connectivity index (χ0n) is 11.6. The Kier molecular flexibility index (Phi) is 4.52. The number of thiophene rings is 1. The Labute approximate surface area is 145 Å². The van der Waals surface area contributed by atoms with Gasteiger partial charge in [0.05, 0.1) is 6.04 Å². The van der Waals surface area contributed by atoms with E-state index in [2.05, 4.69) is 50.2 Å². The van der Waals surface area contributed by atoms with Gasteiger partial charge in [-0.25, -0.2) is 0 Å². The molecule has 0 fully saturated rings. The first-order valence-corrected chi connectivity index (χ1v) is 9.40. The number of rotatable bonds is 2. The predicted octanol–water partition coefficient (Wildman–Crippen LogP) is 5.42. The van der Waals surface area contributed by atoms with Crippen molar-refractivity contribution in [2.24, 2.45) is 0 Å². The monoisotopic (exact) mass is 427 g/mol. The minimum absolute atomic E-state index is 0.112. The lowest BCUT2D eigenvalue weighted by Crippen LogP contribution is -2.39. The van der Waals surface area contributed by atoms with Gasteiger partial charge in [-0.2, -0.15) is 0 Å². The Morgan fingerprint density at radius 1 is 1.33 bits per heavy atom. The second-order valence-electron chi connectivity index (χ2n) is 5.13. The molecule has 0 aliphatic carbocycles. The minimum atomic E-state index is 0.112. The third-order valence-corrected chi connectivity index (χ3v) is 5.76. The number of benzene rings is 1. The van der Waals surface area contributed by atoms with Crippen LogP contribution >= 0.6 is 43.2 Å². The van der Waals surface area contributed by atoms with Gasteiger partial charge in [0.25, 0.3) is 5.91 Å². The molecule has 5 heteroatoms. The summed E-state index contributed by atoms with van der Waals surface area (Å²) in [7, 11) is 0. The fourth-order valence-electron chi connectivity index (χ4n) is 2.92. The van der Waals surface area contributed by atoms with Gasteiger partial charge < -0.3 is 4.90 Å². The molecule has 1 aromatic heterocycles. The van der Waals surface area contributed by atoms with E-state index >= 15 is 0 Å². The van der Waals surface area contributed by atoms with E-state index in [9.17, 15) is 4.79 Å². The van der Waals surface area contributed by atoms with E-state index in [0.717, 1.165) is 33.9 Å². The van der Waals surface area contributed by atoms with E-state index in [4.69, 9.17) is 0 Å². The molecule has 0 radical (unpaired) electrons. The fraction of sp³-hybridized carbons (Fsp3) is 0.312. The summed E-state index contributed by atoms with van der Waals surface area (Å²) in [4.78, 5) is 16.3. The van der Waals surface area contributed by atoms with Crippen molar-refractivity contribution >= 4 is 49.1 Å². The van der Waals surface area contributed by atoms with Crippen LogP contribution in [0.15, 0.2) is 38.6 Å². The summed E-state index contributed by atoms with van der Waals surface area (Å²) in [6, 6.07) is 8.10. The Morgan fingerprint density at radius 3 is 2.71 bits per heavy atom. The zero-order chi connectivity index (χ0) is 15.0. The molecule has 2 heterocycles. The van der Waals surface area contributed by atoms with E-state index in [-0.39, 0.29) is 11.9 Å². The van der Waals surface area contributed by atoms with Crippen LogP contribution in [0.4, 0.5) is 0 Å². The Balaban J connectivity index is 1.94. The molecule has 0 N–H and O–H groups in total. The number of carbonyl (C=O) groups is 1. The van der Waals surface area contributed by atoms with Gasteiger partial charge in [0.2, 0.25) is 0 Å². The average molecular weight is 429 g/mol. The molecule has 2 aromatic rings. The quantitative estimate of drug-likeness (QED) is 0.624. The molecule has 0 saturated heterocycles. The molecule has 110 valence electrons. The van der Waals surface area contributed by atoms with Gasteiger partial charge in [0, 0.05) is 25.9 Å². The van der Waals surface area contributed by atoms with Crippen molar-refractivity contribution in [3.63, 3.8) is 0 Å². The topological polar surface area (TPSA) is 20.3 Å². The number of hydrogen-bond acceptors (Lipinski definition) is 2. The van der Waals surface area contributed by atoms with Crippen LogP contribution in [0.2, 0.25) is 0 Å². The second-order valence-corrected chi connectivity index (χ2v) is 7.96. The molecule has 1 aliphatic heterocycles. The van der Waals surface area contributed by atoms with Crippen LogP contribution in [0, 0.1) is 0 Å². The summed E-state index contributed by atoms with van der Waals surface area (Å²) >= 11 is 8.72. The van der Waals surface area contributed by atoms with Crippen LogP contribution in [0.1, 0.15) is 40.2 Å². The standard InChI is InChI=1S/C16H15Br2NOS/c1-2-14-13-4-6-21-15(13)3-5-19(14)16(20)10-7-11(17)9-12(18)8-10/h4,6-9,14H,2-3,5H2,1H3. The van der Waals surface area contributed by atoms with Gasteiger partial charge in [-0.3, -0.25) is 4.79 Å². The molecular weight excluding hydrogens is 414 g/mol. The van der Waals surface area contributed by atoms with Crippen molar-refractivity contribution < 1.29 is 4.79 Å². The van der Waals surface area contributed by atoms with Gasteiger partial charge in [0.15, 0.2) is 0 Å². The third kappa shape index (κ3) is 2.96. The molecule has 1 amide bonds. The predicted molar refractivity (Wildman–Crippen MR) is 93.9 cm³/mol. The first kappa shape index (κ1) is 15.3. The first-order valence-electron chi connectivity index (χ1n) is 6.93. The maximum absolute atomic E-state index is 12.9. The lowest BCUT2D eigenvalue weighted by molar-refractivity contribution is 0.0657. The molecule has 1 atom stereocenters. The highest BCUT2D eigenvalue weighted by Gasteiger charge is 2.30. The van der Waals surface area contributed by atoms with Crippen LogP contribution < -0.4 is 0 Å². The van der Waals surface area contributed by atoms with E-state index in [1.54, 1.807) is 11.3 Å². The van der Waals surface area contributed by atoms with Gasteiger partial charge in [-0.15, -0.1) is 11.3 Å². The normalized spacial score (nSPS) is 17.7. The van der Waals surface area contributed by atoms with Crippen LogP contribution in [0.25, 0.3) is 0 Å². The van der Waals surface area contributed by atoms with Gasteiger partial charge in [-0.05, 0) is 48.1 Å². The highest BCUT2D eigenvalue weighted by atomic mass is 79.9. The SMILES string of the molecule is CCC1c2ccsc2CCN1C(=O)c1cc(Br)cc(Br)c1. The molecule has 1 unspecified atom stereocenters. The van der Waals surface area contributed by atoms with Crippen LogP contribution in [0.3, 0.4) is 0 Å². The lowest BCUT2D eigenvalue weighted by atomic mass is 9.97. The van der Waals surface area contributed by atoms with Crippen LogP contribution in [-0.4, -0.2) is 17.4 Å². The van der Waals surface area contributed by atoms with Gasteiger partial charge >= 0.3 is 0 Å². The molecular formula is C16H15Br2NOS. The molecule has 1 aliphatic rings. The summed E-state index contributed by atoms with van der Waals surface area (Å²) < 4.78 is 1.84. The van der Waals surface area contributed by atoms with Crippen LogP contribution in [-0.2, 0) is 6.42 Å². The summed E-state index contributed by atoms with van der Waals surface area (Å²) in [5.41, 5.74) is 2.06. The van der Waals surface area contributed by atoms with E-state index in [0.29, 0.717) is 0 Å². The number of hydrogen-bond donors (Lipinski definition) is 0. The Bertz CT molecular complexity index is 662. The van der Waals surface area contributed by atoms with Crippen molar-refractivity contribution in [1.82, 2.24) is 4.90 Å². The number of amides is 1. The van der Waals surface area contributed by atoms with Crippen LogP contribution in [0.5, 0.6) is 0 Å². The first-order chi connectivity index (χ1) is 10.1. The second kappa shape index (κ2) is 6.23. The molecule has 3 rings (SSSR count). The Morgan fingerprint density at radius 2 is 2.05 bits per heavy atom. The van der Waals surface area contributed by atoms with E-state index < -0.39 is 0 Å². The molecule has 0 bridgehead atoms.